The fourth-order valence-corrected chi connectivity index (χ4v) is 0.885. The molecule has 0 bridgehead atoms. The molecule has 76 valence electrons. The maximum Gasteiger partial charge on any atom is 0.307 e. The molecule has 0 radical (unpaired) electrons. The molecular weight excluding hydrogens is 172 g/mol. The zero-order chi connectivity index (χ0) is 10.6. The SMILES string of the molecule is CC(CN(C)C(C)C(N)=O)C(=O)O. The van der Waals surface area contributed by atoms with E-state index in [4.69, 9.17) is 10.8 Å². The third-order valence-corrected chi connectivity index (χ3v) is 2.06. The number of hydrogen-bond donors (Lipinski definition) is 2. The molecule has 0 spiro atoms. The molecule has 5 nitrogen and oxygen atoms in total. The van der Waals surface area contributed by atoms with Crippen molar-refractivity contribution in [1.29, 1.82) is 0 Å². The van der Waals surface area contributed by atoms with Crippen molar-refractivity contribution in [3.05, 3.63) is 0 Å². The maximum absolute atomic E-state index is 10.7. The topological polar surface area (TPSA) is 83.6 Å². The number of hydrogen-bond acceptors (Lipinski definition) is 3. The Kier molecular flexibility index (Phi) is 4.40. The Balaban J connectivity index is 4.06. The Morgan fingerprint density at radius 2 is 1.92 bits per heavy atom. The minimum absolute atomic E-state index is 0.319. The number of aliphatic carboxylic acids is 1. The van der Waals surface area contributed by atoms with Crippen LogP contribution in [0.5, 0.6) is 0 Å². The van der Waals surface area contributed by atoms with Crippen LogP contribution < -0.4 is 5.73 Å². The third-order valence-electron chi connectivity index (χ3n) is 2.06. The first kappa shape index (κ1) is 11.9. The van der Waals surface area contributed by atoms with Crippen molar-refractivity contribution in [3.63, 3.8) is 0 Å². The van der Waals surface area contributed by atoms with Crippen molar-refractivity contribution in [1.82, 2.24) is 4.90 Å². The molecule has 0 fully saturated rings. The summed E-state index contributed by atoms with van der Waals surface area (Å²) in [6.45, 7) is 3.56. The molecule has 0 aromatic heterocycles. The van der Waals surface area contributed by atoms with Gasteiger partial charge < -0.3 is 10.8 Å². The summed E-state index contributed by atoms with van der Waals surface area (Å²) in [6.07, 6.45) is 0. The predicted octanol–water partition coefficient (Wildman–Crippen LogP) is -0.487. The number of nitrogens with two attached hydrogens (primary N) is 1. The number of carbonyl (C=O) groups is 2. The number of carbonyl (C=O) groups excluding carboxylic acids is 1. The van der Waals surface area contributed by atoms with Gasteiger partial charge in [-0.2, -0.15) is 0 Å². The number of primary amides is 1. The second-order valence-electron chi connectivity index (χ2n) is 3.26. The molecule has 0 aliphatic heterocycles. The van der Waals surface area contributed by atoms with Crippen molar-refractivity contribution < 1.29 is 14.7 Å². The highest BCUT2D eigenvalue weighted by molar-refractivity contribution is 5.79. The molecule has 0 aliphatic rings. The van der Waals surface area contributed by atoms with Crippen molar-refractivity contribution in [3.8, 4) is 0 Å². The second kappa shape index (κ2) is 4.81. The van der Waals surface area contributed by atoms with Crippen LogP contribution in [0, 0.1) is 5.92 Å². The van der Waals surface area contributed by atoms with Gasteiger partial charge in [-0.3, -0.25) is 14.5 Å². The lowest BCUT2D eigenvalue weighted by molar-refractivity contribution is -0.142. The van der Waals surface area contributed by atoms with Crippen molar-refractivity contribution in [2.24, 2.45) is 11.7 Å². The summed E-state index contributed by atoms with van der Waals surface area (Å²) in [4.78, 5) is 22.8. The van der Waals surface area contributed by atoms with E-state index in [9.17, 15) is 9.59 Å². The molecule has 13 heavy (non-hydrogen) atoms. The van der Waals surface area contributed by atoms with E-state index in [-0.39, 0.29) is 0 Å². The van der Waals surface area contributed by atoms with Gasteiger partial charge in [0.1, 0.15) is 0 Å². The number of rotatable bonds is 5. The average Bonchev–Trinajstić information content (AvgIpc) is 2.02. The van der Waals surface area contributed by atoms with Crippen LogP contribution in [-0.4, -0.2) is 41.5 Å². The van der Waals surface area contributed by atoms with E-state index < -0.39 is 23.8 Å². The number of carboxylic acid groups (broad SMARTS) is 1. The van der Waals surface area contributed by atoms with E-state index in [0.29, 0.717) is 6.54 Å². The minimum atomic E-state index is -0.872. The molecule has 2 atom stereocenters. The lowest BCUT2D eigenvalue weighted by Gasteiger charge is -2.23. The standard InChI is InChI=1S/C8H16N2O3/c1-5(8(12)13)4-10(3)6(2)7(9)11/h5-6H,4H2,1-3H3,(H2,9,11)(H,12,13). The highest BCUT2D eigenvalue weighted by atomic mass is 16.4. The second-order valence-corrected chi connectivity index (χ2v) is 3.26. The fraction of sp³-hybridized carbons (Fsp3) is 0.750. The molecule has 5 heteroatoms. The van der Waals surface area contributed by atoms with Crippen LogP contribution >= 0.6 is 0 Å². The fourth-order valence-electron chi connectivity index (χ4n) is 0.885. The maximum atomic E-state index is 10.7. The van der Waals surface area contributed by atoms with Crippen molar-refractivity contribution in [2.75, 3.05) is 13.6 Å². The molecule has 3 N–H and O–H groups in total. The summed E-state index contributed by atoms with van der Waals surface area (Å²) in [7, 11) is 1.68. The molecule has 0 saturated heterocycles. The first-order valence-corrected chi connectivity index (χ1v) is 4.08. The molecule has 2 unspecified atom stereocenters. The van der Waals surface area contributed by atoms with Crippen LogP contribution in [0.25, 0.3) is 0 Å². The predicted molar refractivity (Wildman–Crippen MR) is 48.1 cm³/mol. The van der Waals surface area contributed by atoms with Crippen LogP contribution in [0.1, 0.15) is 13.8 Å². The molecule has 0 aromatic rings. The molecule has 0 saturated carbocycles. The van der Waals surface area contributed by atoms with Crippen molar-refractivity contribution in [2.45, 2.75) is 19.9 Å². The van der Waals surface area contributed by atoms with E-state index in [1.165, 1.54) is 0 Å². The van der Waals surface area contributed by atoms with Crippen LogP contribution in [0.2, 0.25) is 0 Å². The van der Waals surface area contributed by atoms with Crippen LogP contribution in [0.3, 0.4) is 0 Å². The van der Waals surface area contributed by atoms with Gasteiger partial charge in [-0.25, -0.2) is 0 Å². The molecule has 1 amide bonds. The monoisotopic (exact) mass is 188 g/mol. The Morgan fingerprint density at radius 3 is 2.23 bits per heavy atom. The van der Waals surface area contributed by atoms with Gasteiger partial charge in [-0.15, -0.1) is 0 Å². The van der Waals surface area contributed by atoms with E-state index in [0.717, 1.165) is 0 Å². The number of amides is 1. The lowest BCUT2D eigenvalue weighted by Crippen LogP contribution is -2.43. The summed E-state index contributed by atoms with van der Waals surface area (Å²) in [5, 5.41) is 8.61. The van der Waals surface area contributed by atoms with Gasteiger partial charge in [0, 0.05) is 6.54 Å². The smallest absolute Gasteiger partial charge is 0.307 e. The van der Waals surface area contributed by atoms with Gasteiger partial charge in [-0.1, -0.05) is 6.92 Å². The van der Waals surface area contributed by atoms with Gasteiger partial charge in [-0.05, 0) is 14.0 Å². The molecule has 0 heterocycles. The zero-order valence-electron chi connectivity index (χ0n) is 8.15. The quantitative estimate of drug-likeness (QED) is 0.610. The lowest BCUT2D eigenvalue weighted by atomic mass is 10.1. The van der Waals surface area contributed by atoms with E-state index in [2.05, 4.69) is 0 Å². The van der Waals surface area contributed by atoms with E-state index in [1.807, 2.05) is 0 Å². The number of nitrogens with zero attached hydrogens (tertiary/aromatic N) is 1. The average molecular weight is 188 g/mol. The zero-order valence-corrected chi connectivity index (χ0v) is 8.15. The van der Waals surface area contributed by atoms with Gasteiger partial charge >= 0.3 is 5.97 Å². The first-order chi connectivity index (χ1) is 5.86. The Bertz CT molecular complexity index is 206. The molecule has 0 rings (SSSR count). The summed E-state index contributed by atoms with van der Waals surface area (Å²) in [5.41, 5.74) is 5.06. The van der Waals surface area contributed by atoms with Gasteiger partial charge in [0.2, 0.25) is 5.91 Å². The normalized spacial score (nSPS) is 15.4. The molecular formula is C8H16N2O3. The van der Waals surface area contributed by atoms with Crippen LogP contribution in [0.15, 0.2) is 0 Å². The third kappa shape index (κ3) is 3.89. The van der Waals surface area contributed by atoms with E-state index >= 15 is 0 Å². The van der Waals surface area contributed by atoms with Gasteiger partial charge in [0.15, 0.2) is 0 Å². The van der Waals surface area contributed by atoms with E-state index in [1.54, 1.807) is 25.8 Å². The number of likely N-dealkylation sites (N-methyl/N-ethyl adjacent to an activating group) is 1. The summed E-state index contributed by atoms with van der Waals surface area (Å²) in [5.74, 6) is -1.81. The van der Waals surface area contributed by atoms with Gasteiger partial charge in [0.25, 0.3) is 0 Å². The summed E-state index contributed by atoms with van der Waals surface area (Å²) < 4.78 is 0. The first-order valence-electron chi connectivity index (χ1n) is 4.08. The van der Waals surface area contributed by atoms with Crippen LogP contribution in [-0.2, 0) is 9.59 Å². The van der Waals surface area contributed by atoms with Crippen LogP contribution in [0.4, 0.5) is 0 Å². The Labute approximate surface area is 77.5 Å². The highest BCUT2D eigenvalue weighted by Crippen LogP contribution is 2.01. The summed E-state index contributed by atoms with van der Waals surface area (Å²) >= 11 is 0. The molecule has 0 aliphatic carbocycles. The highest BCUT2D eigenvalue weighted by Gasteiger charge is 2.19. The van der Waals surface area contributed by atoms with Gasteiger partial charge in [0.05, 0.1) is 12.0 Å². The minimum Gasteiger partial charge on any atom is -0.481 e. The Hall–Kier alpha value is -1.10. The summed E-state index contributed by atoms with van der Waals surface area (Å²) in [6, 6.07) is -0.429. The number of carboxylic acids is 1. The largest absolute Gasteiger partial charge is 0.481 e. The van der Waals surface area contributed by atoms with Crippen molar-refractivity contribution >= 4 is 11.9 Å². The molecule has 0 aromatic carbocycles. The Morgan fingerprint density at radius 1 is 1.46 bits per heavy atom.